The molecule has 0 saturated carbocycles. The number of benzene rings is 1. The predicted molar refractivity (Wildman–Crippen MR) is 75.8 cm³/mol. The monoisotopic (exact) mass is 284 g/mol. The lowest BCUT2D eigenvalue weighted by atomic mass is 10.1. The molecule has 0 spiro atoms. The van der Waals surface area contributed by atoms with Crippen molar-refractivity contribution in [2.75, 3.05) is 23.3 Å². The van der Waals surface area contributed by atoms with Crippen molar-refractivity contribution in [3.05, 3.63) is 23.8 Å². The summed E-state index contributed by atoms with van der Waals surface area (Å²) in [6.45, 7) is 7.80. The van der Waals surface area contributed by atoms with Gasteiger partial charge in [0.2, 0.25) is 0 Å². The first-order valence-corrected chi connectivity index (χ1v) is 7.07. The van der Waals surface area contributed by atoms with E-state index in [9.17, 15) is 13.6 Å². The number of anilines is 2. The predicted octanol–water partition coefficient (Wildman–Crippen LogP) is 1.76. The Morgan fingerprint density at radius 1 is 1.37 bits per heavy atom. The molecule has 0 aliphatic rings. The van der Waals surface area contributed by atoms with Gasteiger partial charge < -0.3 is 14.8 Å². The third-order valence-electron chi connectivity index (χ3n) is 2.76. The summed E-state index contributed by atoms with van der Waals surface area (Å²) in [5, 5.41) is 2.48. The first-order chi connectivity index (χ1) is 8.97. The highest BCUT2D eigenvalue weighted by Crippen LogP contribution is 2.22. The van der Waals surface area contributed by atoms with E-state index in [0.29, 0.717) is 5.69 Å². The van der Waals surface area contributed by atoms with Crippen LogP contribution >= 0.6 is 0 Å². The number of amides is 2. The maximum absolute atomic E-state index is 11.3. The summed E-state index contributed by atoms with van der Waals surface area (Å²) in [4.78, 5) is 13.5. The fourth-order valence-corrected chi connectivity index (χ4v) is 2.00. The van der Waals surface area contributed by atoms with Crippen LogP contribution in [0.4, 0.5) is 16.2 Å². The maximum atomic E-state index is 11.3. The highest BCUT2D eigenvalue weighted by Gasteiger charge is 2.07. The van der Waals surface area contributed by atoms with Gasteiger partial charge in [-0.15, -0.1) is 0 Å². The minimum Gasteiger partial charge on any atom is -0.755 e. The molecular formula is C12H18N3O3S-. The number of aryl methyl sites for hydroxylation is 1. The highest BCUT2D eigenvalue weighted by molar-refractivity contribution is 7.77. The molecule has 0 bridgehead atoms. The van der Waals surface area contributed by atoms with Gasteiger partial charge in [0.05, 0.1) is 0 Å². The van der Waals surface area contributed by atoms with Gasteiger partial charge in [0.1, 0.15) is 0 Å². The Hall–Kier alpha value is -1.60. The quantitative estimate of drug-likeness (QED) is 0.807. The summed E-state index contributed by atoms with van der Waals surface area (Å²) in [5.41, 5.74) is 2.52. The summed E-state index contributed by atoms with van der Waals surface area (Å²) in [6.07, 6.45) is 0. The minimum atomic E-state index is -2.61. The van der Waals surface area contributed by atoms with Crippen molar-refractivity contribution in [3.63, 3.8) is 0 Å². The van der Waals surface area contributed by atoms with E-state index < -0.39 is 17.3 Å². The van der Waals surface area contributed by atoms with Gasteiger partial charge in [-0.25, -0.2) is 4.79 Å². The lowest BCUT2D eigenvalue weighted by Gasteiger charge is -2.22. The van der Waals surface area contributed by atoms with Gasteiger partial charge in [-0.05, 0) is 44.5 Å². The summed E-state index contributed by atoms with van der Waals surface area (Å²) < 4.78 is 22.4. The van der Waals surface area contributed by atoms with Crippen LogP contribution in [0.5, 0.6) is 0 Å². The van der Waals surface area contributed by atoms with Crippen LogP contribution in [0.15, 0.2) is 18.2 Å². The van der Waals surface area contributed by atoms with Gasteiger partial charge in [-0.3, -0.25) is 8.93 Å². The molecule has 0 aliphatic carbocycles. The molecule has 0 fully saturated rings. The van der Waals surface area contributed by atoms with Crippen molar-refractivity contribution in [2.24, 2.45) is 0 Å². The molecule has 1 aromatic rings. The Labute approximate surface area is 115 Å². The Bertz CT molecular complexity index is 475. The Kier molecular flexibility index (Phi) is 5.78. The van der Waals surface area contributed by atoms with Gasteiger partial charge in [0.15, 0.2) is 0 Å². The van der Waals surface area contributed by atoms with Crippen LogP contribution < -0.4 is 14.9 Å². The summed E-state index contributed by atoms with van der Waals surface area (Å²) >= 11 is -2.61. The van der Waals surface area contributed by atoms with Crippen molar-refractivity contribution in [2.45, 2.75) is 20.8 Å². The minimum absolute atomic E-state index is 0.582. The van der Waals surface area contributed by atoms with Gasteiger partial charge in [0.25, 0.3) is 0 Å². The second kappa shape index (κ2) is 7.10. The van der Waals surface area contributed by atoms with Crippen molar-refractivity contribution in [1.82, 2.24) is 4.72 Å². The fraction of sp³-hybridized carbons (Fsp3) is 0.417. The van der Waals surface area contributed by atoms with Crippen LogP contribution in [0.2, 0.25) is 0 Å². The summed E-state index contributed by atoms with van der Waals surface area (Å²) in [5.74, 6) is 0. The van der Waals surface area contributed by atoms with Crippen LogP contribution in [0.1, 0.15) is 19.4 Å². The van der Waals surface area contributed by atoms with E-state index in [4.69, 9.17) is 0 Å². The van der Waals surface area contributed by atoms with Gasteiger partial charge in [-0.1, -0.05) is 0 Å². The number of carbonyl (C=O) groups is 1. The lowest BCUT2D eigenvalue weighted by Crippen LogP contribution is -2.30. The molecule has 0 radical (unpaired) electrons. The standard InChI is InChI=1S/C12H19N3O3S/c1-4-15(5-2)10-6-7-11(9(3)8-10)13-12(16)14-19(17)18/h6-8H,4-5H2,1-3H3,(H,17,18)(H2,13,14,16)/p-1. The largest absolute Gasteiger partial charge is 0.755 e. The second-order valence-corrected chi connectivity index (χ2v) is 4.64. The van der Waals surface area contributed by atoms with Crippen molar-refractivity contribution in [1.29, 1.82) is 0 Å². The molecule has 0 heterocycles. The molecule has 2 amide bonds. The molecule has 0 aromatic heterocycles. The van der Waals surface area contributed by atoms with E-state index in [2.05, 4.69) is 24.1 Å². The second-order valence-electron chi connectivity index (χ2n) is 3.96. The molecular weight excluding hydrogens is 266 g/mol. The first kappa shape index (κ1) is 15.5. The van der Waals surface area contributed by atoms with Crippen molar-refractivity contribution in [3.8, 4) is 0 Å². The number of urea groups is 1. The number of rotatable bonds is 5. The zero-order chi connectivity index (χ0) is 14.4. The normalized spacial score (nSPS) is 11.8. The van der Waals surface area contributed by atoms with Crippen LogP contribution in [-0.2, 0) is 11.3 Å². The van der Waals surface area contributed by atoms with Gasteiger partial charge in [-0.2, -0.15) is 0 Å². The number of carbonyl (C=O) groups excluding carboxylic acids is 1. The molecule has 1 unspecified atom stereocenters. The van der Waals surface area contributed by atoms with Crippen LogP contribution in [-0.4, -0.2) is 27.9 Å². The average molecular weight is 284 g/mol. The molecule has 2 N–H and O–H groups in total. The van der Waals surface area contributed by atoms with Crippen LogP contribution in [0.25, 0.3) is 0 Å². The molecule has 19 heavy (non-hydrogen) atoms. The molecule has 1 atom stereocenters. The number of hydrogen-bond acceptors (Lipinski definition) is 4. The SMILES string of the molecule is CCN(CC)c1ccc(NC(=O)NS(=O)[O-])c(C)c1. The van der Waals surface area contributed by atoms with Crippen LogP contribution in [0, 0.1) is 6.92 Å². The zero-order valence-corrected chi connectivity index (χ0v) is 12.0. The third-order valence-corrected chi connectivity index (χ3v) is 3.11. The third kappa shape index (κ3) is 4.53. The average Bonchev–Trinajstić information content (AvgIpc) is 2.33. The zero-order valence-electron chi connectivity index (χ0n) is 11.2. The molecule has 7 heteroatoms. The molecule has 6 nitrogen and oxygen atoms in total. The van der Waals surface area contributed by atoms with E-state index in [1.807, 2.05) is 19.1 Å². The van der Waals surface area contributed by atoms with Crippen molar-refractivity contribution < 1.29 is 13.6 Å². The smallest absolute Gasteiger partial charge is 0.330 e. The Morgan fingerprint density at radius 2 is 2.00 bits per heavy atom. The Morgan fingerprint density at radius 3 is 2.47 bits per heavy atom. The maximum Gasteiger partial charge on any atom is 0.330 e. The lowest BCUT2D eigenvalue weighted by molar-refractivity contribution is 0.256. The molecule has 106 valence electrons. The topological polar surface area (TPSA) is 84.5 Å². The first-order valence-electron chi connectivity index (χ1n) is 6.00. The molecule has 0 aliphatic heterocycles. The van der Waals surface area contributed by atoms with E-state index in [0.717, 1.165) is 24.3 Å². The summed E-state index contributed by atoms with van der Waals surface area (Å²) in [6, 6.07) is 4.84. The number of hydrogen-bond donors (Lipinski definition) is 2. The molecule has 1 rings (SSSR count). The molecule has 1 aromatic carbocycles. The van der Waals surface area contributed by atoms with Crippen LogP contribution in [0.3, 0.4) is 0 Å². The van der Waals surface area contributed by atoms with Gasteiger partial charge in [0, 0.05) is 35.7 Å². The number of nitrogens with zero attached hydrogens (tertiary/aromatic N) is 1. The van der Waals surface area contributed by atoms with E-state index in [1.54, 1.807) is 10.8 Å². The van der Waals surface area contributed by atoms with E-state index >= 15 is 0 Å². The van der Waals surface area contributed by atoms with E-state index in [-0.39, 0.29) is 0 Å². The summed E-state index contributed by atoms with van der Waals surface area (Å²) in [7, 11) is 0. The van der Waals surface area contributed by atoms with E-state index in [1.165, 1.54) is 0 Å². The highest BCUT2D eigenvalue weighted by atomic mass is 32.2. The molecule has 0 saturated heterocycles. The van der Waals surface area contributed by atoms with Crippen molar-refractivity contribution >= 4 is 28.7 Å². The fourth-order valence-electron chi connectivity index (χ4n) is 1.80. The number of nitrogens with one attached hydrogen (secondary N) is 2. The van der Waals surface area contributed by atoms with Gasteiger partial charge >= 0.3 is 6.03 Å². The Balaban J connectivity index is 2.82.